The van der Waals surface area contributed by atoms with Crippen molar-refractivity contribution < 1.29 is 5.11 Å². The molecule has 0 unspecified atom stereocenters. The molecule has 2 rings (SSSR count). The zero-order valence-electron chi connectivity index (χ0n) is 13.2. The van der Waals surface area contributed by atoms with Gasteiger partial charge in [0.25, 0.3) is 0 Å². The smallest absolute Gasteiger partial charge is 0.232 e. The van der Waals surface area contributed by atoms with Gasteiger partial charge in [0, 0.05) is 26.2 Å². The van der Waals surface area contributed by atoms with E-state index in [4.69, 9.17) is 5.73 Å². The second-order valence-corrected chi connectivity index (χ2v) is 6.17. The van der Waals surface area contributed by atoms with E-state index in [-0.39, 0.29) is 5.95 Å². The molecule has 1 aliphatic rings. The average molecular weight is 294 g/mol. The van der Waals surface area contributed by atoms with Crippen LogP contribution in [0.25, 0.3) is 0 Å². The van der Waals surface area contributed by atoms with Crippen LogP contribution in [0.2, 0.25) is 0 Å². The molecule has 0 aromatic carbocycles. The number of rotatable bonds is 5. The highest BCUT2D eigenvalue weighted by atomic mass is 16.3. The first-order valence-corrected chi connectivity index (χ1v) is 7.63. The van der Waals surface area contributed by atoms with Gasteiger partial charge < -0.3 is 20.6 Å². The molecule has 0 bridgehead atoms. The molecule has 0 aliphatic carbocycles. The first-order valence-electron chi connectivity index (χ1n) is 7.63. The number of anilines is 3. The van der Waals surface area contributed by atoms with Crippen molar-refractivity contribution in [3.8, 4) is 0 Å². The predicted octanol–water partition coefficient (Wildman–Crippen LogP) is 1.04. The third-order valence-electron chi connectivity index (χ3n) is 3.51. The van der Waals surface area contributed by atoms with Gasteiger partial charge in [0.05, 0.1) is 5.60 Å². The van der Waals surface area contributed by atoms with Crippen molar-refractivity contribution in [2.45, 2.75) is 45.6 Å². The van der Waals surface area contributed by atoms with Crippen molar-refractivity contribution >= 4 is 17.8 Å². The summed E-state index contributed by atoms with van der Waals surface area (Å²) in [6.07, 6.45) is 3.56. The van der Waals surface area contributed by atoms with E-state index < -0.39 is 5.60 Å². The third kappa shape index (κ3) is 4.42. The summed E-state index contributed by atoms with van der Waals surface area (Å²) in [5.74, 6) is 1.41. The average Bonchev–Trinajstić information content (AvgIpc) is 2.44. The van der Waals surface area contributed by atoms with Gasteiger partial charge in [-0.2, -0.15) is 15.0 Å². The number of piperidine rings is 1. The Morgan fingerprint density at radius 3 is 2.43 bits per heavy atom. The molecule has 0 spiro atoms. The van der Waals surface area contributed by atoms with Crippen molar-refractivity contribution in [3.63, 3.8) is 0 Å². The molecule has 0 amide bonds. The van der Waals surface area contributed by atoms with Gasteiger partial charge in [0.1, 0.15) is 0 Å². The van der Waals surface area contributed by atoms with Gasteiger partial charge in [-0.25, -0.2) is 0 Å². The quantitative estimate of drug-likeness (QED) is 0.838. The lowest BCUT2D eigenvalue weighted by Crippen LogP contribution is -2.40. The molecule has 1 fully saturated rings. The van der Waals surface area contributed by atoms with Crippen LogP contribution in [0.3, 0.4) is 0 Å². The lowest BCUT2D eigenvalue weighted by molar-refractivity contribution is 0.0872. The van der Waals surface area contributed by atoms with Crippen LogP contribution in [0.1, 0.15) is 40.0 Å². The standard InChI is InChI=1S/C14H26N6O/c1-4-19(10-14(2,3)21)12-16-11(15)17-13(18-12)20-8-6-5-7-9-20/h21H,4-10H2,1-3H3,(H2,15,16,17,18). The van der Waals surface area contributed by atoms with E-state index in [0.29, 0.717) is 25.0 Å². The molecule has 0 radical (unpaired) electrons. The van der Waals surface area contributed by atoms with Gasteiger partial charge in [0.15, 0.2) is 0 Å². The molecular weight excluding hydrogens is 268 g/mol. The fourth-order valence-corrected chi connectivity index (χ4v) is 2.54. The first-order chi connectivity index (χ1) is 9.89. The number of nitrogens with two attached hydrogens (primary N) is 1. The summed E-state index contributed by atoms with van der Waals surface area (Å²) in [5.41, 5.74) is 5.03. The zero-order chi connectivity index (χ0) is 15.5. The second kappa shape index (κ2) is 6.43. The largest absolute Gasteiger partial charge is 0.389 e. The molecule has 0 atom stereocenters. The normalized spacial score (nSPS) is 16.1. The molecule has 1 saturated heterocycles. The third-order valence-corrected chi connectivity index (χ3v) is 3.51. The minimum absolute atomic E-state index is 0.231. The van der Waals surface area contributed by atoms with Crippen molar-refractivity contribution in [1.29, 1.82) is 0 Å². The van der Waals surface area contributed by atoms with E-state index in [2.05, 4.69) is 19.9 Å². The zero-order valence-corrected chi connectivity index (χ0v) is 13.2. The van der Waals surface area contributed by atoms with Crippen molar-refractivity contribution in [3.05, 3.63) is 0 Å². The van der Waals surface area contributed by atoms with E-state index in [1.54, 1.807) is 13.8 Å². The molecule has 2 heterocycles. The Balaban J connectivity index is 2.24. The number of aliphatic hydroxyl groups is 1. The summed E-state index contributed by atoms with van der Waals surface area (Å²) in [5, 5.41) is 10.0. The summed E-state index contributed by atoms with van der Waals surface area (Å²) in [4.78, 5) is 17.1. The highest BCUT2D eigenvalue weighted by Crippen LogP contribution is 2.20. The molecule has 118 valence electrons. The van der Waals surface area contributed by atoms with E-state index in [0.717, 1.165) is 25.9 Å². The number of hydrogen-bond donors (Lipinski definition) is 2. The lowest BCUT2D eigenvalue weighted by Gasteiger charge is -2.30. The van der Waals surface area contributed by atoms with Crippen LogP contribution in [-0.2, 0) is 0 Å². The van der Waals surface area contributed by atoms with Crippen LogP contribution in [0.15, 0.2) is 0 Å². The first kappa shape index (κ1) is 15.8. The topological polar surface area (TPSA) is 91.4 Å². The fraction of sp³-hybridized carbons (Fsp3) is 0.786. The molecule has 3 N–H and O–H groups in total. The fourth-order valence-electron chi connectivity index (χ4n) is 2.54. The minimum atomic E-state index is -0.817. The van der Waals surface area contributed by atoms with Gasteiger partial charge in [-0.3, -0.25) is 0 Å². The van der Waals surface area contributed by atoms with E-state index in [1.165, 1.54) is 6.42 Å². The van der Waals surface area contributed by atoms with Gasteiger partial charge in [0.2, 0.25) is 17.8 Å². The lowest BCUT2D eigenvalue weighted by atomic mass is 10.1. The van der Waals surface area contributed by atoms with Gasteiger partial charge in [-0.15, -0.1) is 0 Å². The van der Waals surface area contributed by atoms with Gasteiger partial charge in [-0.1, -0.05) is 0 Å². The van der Waals surface area contributed by atoms with Crippen LogP contribution < -0.4 is 15.5 Å². The Bertz CT molecular complexity index is 467. The molecule has 7 nitrogen and oxygen atoms in total. The van der Waals surface area contributed by atoms with Crippen LogP contribution in [0.5, 0.6) is 0 Å². The Morgan fingerprint density at radius 1 is 1.19 bits per heavy atom. The second-order valence-electron chi connectivity index (χ2n) is 6.17. The van der Waals surface area contributed by atoms with Crippen LogP contribution >= 0.6 is 0 Å². The number of likely N-dealkylation sites (N-methyl/N-ethyl adjacent to an activating group) is 1. The summed E-state index contributed by atoms with van der Waals surface area (Å²) >= 11 is 0. The van der Waals surface area contributed by atoms with Gasteiger partial charge >= 0.3 is 0 Å². The van der Waals surface area contributed by atoms with E-state index in [9.17, 15) is 5.11 Å². The SMILES string of the molecule is CCN(CC(C)(C)O)c1nc(N)nc(N2CCCCC2)n1. The Hall–Kier alpha value is -1.63. The molecule has 7 heteroatoms. The van der Waals surface area contributed by atoms with Crippen molar-refractivity contribution in [2.24, 2.45) is 0 Å². The van der Waals surface area contributed by atoms with E-state index >= 15 is 0 Å². The number of nitrogen functional groups attached to an aromatic ring is 1. The summed E-state index contributed by atoms with van der Waals surface area (Å²) < 4.78 is 0. The molecule has 1 aliphatic heterocycles. The van der Waals surface area contributed by atoms with Crippen LogP contribution in [0.4, 0.5) is 17.8 Å². The van der Waals surface area contributed by atoms with E-state index in [1.807, 2.05) is 11.8 Å². The highest BCUT2D eigenvalue weighted by Gasteiger charge is 2.22. The maximum atomic E-state index is 10.0. The molecule has 1 aromatic rings. The van der Waals surface area contributed by atoms with Crippen LogP contribution in [-0.4, -0.2) is 51.8 Å². The number of nitrogens with zero attached hydrogens (tertiary/aromatic N) is 5. The number of aromatic nitrogens is 3. The van der Waals surface area contributed by atoms with Gasteiger partial charge in [-0.05, 0) is 40.0 Å². The Morgan fingerprint density at radius 2 is 1.86 bits per heavy atom. The predicted molar refractivity (Wildman–Crippen MR) is 84.5 cm³/mol. The summed E-state index contributed by atoms with van der Waals surface area (Å²) in [6, 6.07) is 0. The highest BCUT2D eigenvalue weighted by molar-refractivity contribution is 5.44. The Kier molecular flexibility index (Phi) is 4.82. The molecule has 0 saturated carbocycles. The number of hydrogen-bond acceptors (Lipinski definition) is 7. The van der Waals surface area contributed by atoms with Crippen molar-refractivity contribution in [1.82, 2.24) is 15.0 Å². The maximum absolute atomic E-state index is 10.0. The molecule has 21 heavy (non-hydrogen) atoms. The monoisotopic (exact) mass is 294 g/mol. The molecule has 1 aromatic heterocycles. The van der Waals surface area contributed by atoms with Crippen molar-refractivity contribution in [2.75, 3.05) is 41.7 Å². The summed E-state index contributed by atoms with van der Waals surface area (Å²) in [7, 11) is 0. The maximum Gasteiger partial charge on any atom is 0.232 e. The molecular formula is C14H26N6O. The minimum Gasteiger partial charge on any atom is -0.389 e. The van der Waals surface area contributed by atoms with Crippen LogP contribution in [0, 0.1) is 0 Å². The Labute approximate surface area is 126 Å². The summed E-state index contributed by atoms with van der Waals surface area (Å²) in [6.45, 7) is 8.62.